The Hall–Kier alpha value is -2.06. The molecule has 0 radical (unpaired) electrons. The van der Waals surface area contributed by atoms with Gasteiger partial charge in [-0.05, 0) is 43.0 Å². The lowest BCUT2D eigenvalue weighted by atomic mass is 10.00. The molecule has 2 aromatic carbocycles. The number of thiophene rings is 1. The molecule has 0 saturated heterocycles. The van der Waals surface area contributed by atoms with E-state index in [0.717, 1.165) is 0 Å². The van der Waals surface area contributed by atoms with Gasteiger partial charge in [-0.2, -0.15) is 0 Å². The van der Waals surface area contributed by atoms with E-state index in [-0.39, 0.29) is 6.04 Å². The Bertz CT molecular complexity index is 854. The third-order valence-electron chi connectivity index (χ3n) is 3.81. The molecule has 1 N–H and O–H groups in total. The Balaban J connectivity index is 1.90. The molecule has 1 unspecified atom stereocenters. The highest BCUT2D eigenvalue weighted by Crippen LogP contribution is 2.35. The zero-order valence-corrected chi connectivity index (χ0v) is 12.1. The molecule has 1 atom stereocenters. The summed E-state index contributed by atoms with van der Waals surface area (Å²) in [7, 11) is 0. The average molecular weight is 277 g/mol. The summed E-state index contributed by atoms with van der Waals surface area (Å²) in [5.41, 5.74) is 2.63. The minimum atomic E-state index is 0.281. The van der Waals surface area contributed by atoms with Crippen molar-refractivity contribution in [1.82, 2.24) is 5.32 Å². The van der Waals surface area contributed by atoms with Crippen LogP contribution in [0.15, 0.2) is 66.4 Å². The topological polar surface area (TPSA) is 12.0 Å². The molecule has 0 spiro atoms. The minimum Gasteiger partial charge on any atom is -0.381 e. The number of benzene rings is 2. The predicted molar refractivity (Wildman–Crippen MR) is 88.1 cm³/mol. The summed E-state index contributed by atoms with van der Waals surface area (Å²) < 4.78 is 2.73. The molecule has 2 heterocycles. The maximum atomic E-state index is 3.42. The summed E-state index contributed by atoms with van der Waals surface area (Å²) in [4.78, 5) is 0. The molecule has 4 rings (SSSR count). The molecule has 1 aliphatic rings. The van der Waals surface area contributed by atoms with Crippen molar-refractivity contribution < 1.29 is 0 Å². The highest BCUT2D eigenvalue weighted by atomic mass is 32.1. The van der Waals surface area contributed by atoms with E-state index in [0.29, 0.717) is 0 Å². The summed E-state index contributed by atoms with van der Waals surface area (Å²) in [6.45, 7) is 2.14. The Morgan fingerprint density at radius 1 is 1.00 bits per heavy atom. The second-order valence-corrected chi connectivity index (χ2v) is 6.33. The zero-order valence-electron chi connectivity index (χ0n) is 11.3. The van der Waals surface area contributed by atoms with Crippen LogP contribution >= 0.6 is 11.3 Å². The van der Waals surface area contributed by atoms with Crippen molar-refractivity contribution in [2.45, 2.75) is 13.0 Å². The third-order valence-corrected chi connectivity index (χ3v) is 4.96. The van der Waals surface area contributed by atoms with Crippen LogP contribution in [0, 0.1) is 0 Å². The normalized spacial score (nSPS) is 18.2. The maximum Gasteiger partial charge on any atom is 0.0698 e. The van der Waals surface area contributed by atoms with Gasteiger partial charge in [-0.25, -0.2) is 0 Å². The van der Waals surface area contributed by atoms with Crippen molar-refractivity contribution in [3.63, 3.8) is 0 Å². The molecule has 20 heavy (non-hydrogen) atoms. The molecule has 1 aromatic heterocycles. The van der Waals surface area contributed by atoms with Gasteiger partial charge in [0.15, 0.2) is 0 Å². The fourth-order valence-corrected chi connectivity index (χ4v) is 3.87. The Morgan fingerprint density at radius 3 is 2.75 bits per heavy atom. The zero-order chi connectivity index (χ0) is 13.5. The molecular weight excluding hydrogens is 262 g/mol. The predicted octanol–water partition coefficient (Wildman–Crippen LogP) is 5.16. The van der Waals surface area contributed by atoms with Crippen LogP contribution in [-0.4, -0.2) is 0 Å². The van der Waals surface area contributed by atoms with E-state index in [1.165, 1.54) is 31.3 Å². The summed E-state index contributed by atoms with van der Waals surface area (Å²) in [6.07, 6.45) is 6.42. The molecule has 0 saturated carbocycles. The first-order chi connectivity index (χ1) is 9.81. The van der Waals surface area contributed by atoms with Gasteiger partial charge in [0.2, 0.25) is 0 Å². The van der Waals surface area contributed by atoms with Gasteiger partial charge >= 0.3 is 0 Å². The molecule has 0 bridgehead atoms. The number of hydrogen-bond donors (Lipinski definition) is 1. The lowest BCUT2D eigenvalue weighted by molar-refractivity contribution is 0.740. The lowest BCUT2D eigenvalue weighted by Crippen LogP contribution is -2.15. The van der Waals surface area contributed by atoms with E-state index >= 15 is 0 Å². The minimum absolute atomic E-state index is 0.281. The molecule has 2 heteroatoms. The molecule has 3 aromatic rings. The highest BCUT2D eigenvalue weighted by Gasteiger charge is 2.12. The summed E-state index contributed by atoms with van der Waals surface area (Å²) in [5.74, 6) is 0. The fourth-order valence-electron chi connectivity index (χ4n) is 2.78. The van der Waals surface area contributed by atoms with E-state index in [4.69, 9.17) is 0 Å². The largest absolute Gasteiger partial charge is 0.381 e. The molecular formula is C18H15NS. The van der Waals surface area contributed by atoms with Gasteiger partial charge < -0.3 is 5.32 Å². The monoisotopic (exact) mass is 277 g/mol. The highest BCUT2D eigenvalue weighted by molar-refractivity contribution is 7.25. The van der Waals surface area contributed by atoms with Crippen molar-refractivity contribution in [3.05, 3.63) is 72.0 Å². The molecule has 0 amide bonds. The molecule has 1 aliphatic heterocycles. The quantitative estimate of drug-likeness (QED) is 0.648. The Kier molecular flexibility index (Phi) is 2.64. The summed E-state index contributed by atoms with van der Waals surface area (Å²) >= 11 is 1.87. The van der Waals surface area contributed by atoms with Gasteiger partial charge in [0.25, 0.3) is 0 Å². The number of fused-ring (bicyclic) bond motifs is 3. The Morgan fingerprint density at radius 2 is 1.85 bits per heavy atom. The second-order valence-electron chi connectivity index (χ2n) is 5.24. The first kappa shape index (κ1) is 11.7. The van der Waals surface area contributed by atoms with Crippen molar-refractivity contribution >= 4 is 31.5 Å². The van der Waals surface area contributed by atoms with Gasteiger partial charge in [0, 0.05) is 20.2 Å². The average Bonchev–Trinajstić information content (AvgIpc) is 2.85. The maximum absolute atomic E-state index is 3.42. The van der Waals surface area contributed by atoms with Gasteiger partial charge in [0.05, 0.1) is 6.04 Å². The fraction of sp³-hybridized carbons (Fsp3) is 0.111. The van der Waals surface area contributed by atoms with E-state index in [1.54, 1.807) is 0 Å². The molecule has 0 fully saturated rings. The number of rotatable bonds is 1. The van der Waals surface area contributed by atoms with Crippen LogP contribution in [0.1, 0.15) is 18.5 Å². The van der Waals surface area contributed by atoms with Crippen LogP contribution in [0.3, 0.4) is 0 Å². The standard InChI is InChI=1S/C18H15NS/c1-12-8-9-19-16(10-12)13-6-7-18-15(11-13)14-4-2-3-5-17(14)20-18/h2-11,16,19H,1H3. The number of nitrogens with one attached hydrogen (secondary N) is 1. The molecule has 0 aliphatic carbocycles. The van der Waals surface area contributed by atoms with Gasteiger partial charge in [-0.3, -0.25) is 0 Å². The van der Waals surface area contributed by atoms with E-state index in [9.17, 15) is 0 Å². The smallest absolute Gasteiger partial charge is 0.0698 e. The van der Waals surface area contributed by atoms with Crippen molar-refractivity contribution in [3.8, 4) is 0 Å². The van der Waals surface area contributed by atoms with E-state index < -0.39 is 0 Å². The van der Waals surface area contributed by atoms with Crippen LogP contribution in [0.4, 0.5) is 0 Å². The van der Waals surface area contributed by atoms with Crippen molar-refractivity contribution in [2.24, 2.45) is 0 Å². The van der Waals surface area contributed by atoms with Crippen LogP contribution < -0.4 is 5.32 Å². The lowest BCUT2D eigenvalue weighted by Gasteiger charge is -2.18. The Labute approximate surface area is 122 Å². The SMILES string of the molecule is CC1=CC(c2ccc3sc4ccccc4c3c2)NC=C1. The van der Waals surface area contributed by atoms with Crippen LogP contribution in [0.25, 0.3) is 20.2 Å². The van der Waals surface area contributed by atoms with Gasteiger partial charge in [-0.1, -0.05) is 35.9 Å². The number of dihydropyridines is 1. The second kappa shape index (κ2) is 4.50. The first-order valence-electron chi connectivity index (χ1n) is 6.83. The molecule has 1 nitrogen and oxygen atoms in total. The summed E-state index contributed by atoms with van der Waals surface area (Å²) in [6, 6.07) is 15.7. The molecule has 98 valence electrons. The van der Waals surface area contributed by atoms with Gasteiger partial charge in [0.1, 0.15) is 0 Å². The van der Waals surface area contributed by atoms with Crippen LogP contribution in [0.2, 0.25) is 0 Å². The third kappa shape index (κ3) is 1.84. The van der Waals surface area contributed by atoms with E-state index in [1.807, 2.05) is 17.5 Å². The summed E-state index contributed by atoms with van der Waals surface area (Å²) in [5, 5.41) is 6.15. The number of hydrogen-bond acceptors (Lipinski definition) is 2. The van der Waals surface area contributed by atoms with Crippen LogP contribution in [-0.2, 0) is 0 Å². The first-order valence-corrected chi connectivity index (χ1v) is 7.65. The van der Waals surface area contributed by atoms with Crippen molar-refractivity contribution in [2.75, 3.05) is 0 Å². The van der Waals surface area contributed by atoms with E-state index in [2.05, 4.69) is 66.9 Å². The van der Waals surface area contributed by atoms with Crippen LogP contribution in [0.5, 0.6) is 0 Å². The van der Waals surface area contributed by atoms with Crippen molar-refractivity contribution in [1.29, 1.82) is 0 Å². The number of allylic oxidation sites excluding steroid dienone is 2. The van der Waals surface area contributed by atoms with Gasteiger partial charge in [-0.15, -0.1) is 11.3 Å².